The Hall–Kier alpha value is -2.07. The van der Waals surface area contributed by atoms with Crippen molar-refractivity contribution in [3.05, 3.63) is 59.9 Å². The minimum atomic E-state index is -0.812. The number of benzene rings is 1. The Kier molecular flexibility index (Phi) is 3.79. The SMILES string of the molecule is CN(C=C1C=CN=C(N)C1O)Cc1ccccc1. The lowest BCUT2D eigenvalue weighted by Crippen LogP contribution is -2.32. The van der Waals surface area contributed by atoms with Gasteiger partial charge in [-0.2, -0.15) is 0 Å². The van der Waals surface area contributed by atoms with Crippen molar-refractivity contribution in [2.24, 2.45) is 10.7 Å². The fraction of sp³-hybridized carbons (Fsp3) is 0.214. The average molecular weight is 243 g/mol. The van der Waals surface area contributed by atoms with E-state index in [2.05, 4.69) is 17.1 Å². The van der Waals surface area contributed by atoms with Gasteiger partial charge in [-0.05, 0) is 11.6 Å². The van der Waals surface area contributed by atoms with E-state index in [4.69, 9.17) is 5.73 Å². The molecule has 0 spiro atoms. The molecule has 0 aromatic heterocycles. The predicted molar refractivity (Wildman–Crippen MR) is 72.8 cm³/mol. The Labute approximate surface area is 107 Å². The number of hydrogen-bond acceptors (Lipinski definition) is 4. The molecule has 4 heteroatoms. The van der Waals surface area contributed by atoms with Crippen molar-refractivity contribution >= 4 is 5.84 Å². The minimum Gasteiger partial charge on any atom is -0.385 e. The van der Waals surface area contributed by atoms with Crippen LogP contribution in [-0.4, -0.2) is 29.0 Å². The van der Waals surface area contributed by atoms with Gasteiger partial charge in [-0.25, -0.2) is 4.99 Å². The van der Waals surface area contributed by atoms with Crippen LogP contribution < -0.4 is 5.73 Å². The molecule has 1 heterocycles. The third kappa shape index (κ3) is 2.99. The molecule has 0 amide bonds. The second kappa shape index (κ2) is 5.51. The fourth-order valence-corrected chi connectivity index (χ4v) is 1.83. The molecule has 1 unspecified atom stereocenters. The summed E-state index contributed by atoms with van der Waals surface area (Å²) in [4.78, 5) is 5.87. The number of aliphatic hydroxyl groups is 1. The first kappa shape index (κ1) is 12.4. The molecule has 1 atom stereocenters. The quantitative estimate of drug-likeness (QED) is 0.840. The van der Waals surface area contributed by atoms with Gasteiger partial charge in [0.1, 0.15) is 11.9 Å². The summed E-state index contributed by atoms with van der Waals surface area (Å²) >= 11 is 0. The van der Waals surface area contributed by atoms with Crippen molar-refractivity contribution < 1.29 is 5.11 Å². The molecule has 4 nitrogen and oxygen atoms in total. The van der Waals surface area contributed by atoms with Crippen molar-refractivity contribution in [1.29, 1.82) is 0 Å². The van der Waals surface area contributed by atoms with E-state index >= 15 is 0 Å². The molecule has 18 heavy (non-hydrogen) atoms. The molecular formula is C14H17N3O. The Morgan fingerprint density at radius 1 is 1.39 bits per heavy atom. The van der Waals surface area contributed by atoms with Gasteiger partial charge in [0, 0.05) is 31.6 Å². The molecule has 1 aliphatic rings. The van der Waals surface area contributed by atoms with Crippen molar-refractivity contribution in [3.8, 4) is 0 Å². The molecule has 0 fully saturated rings. The monoisotopic (exact) mass is 243 g/mol. The van der Waals surface area contributed by atoms with Gasteiger partial charge in [-0.1, -0.05) is 30.3 Å². The number of nitrogens with two attached hydrogens (primary N) is 1. The lowest BCUT2D eigenvalue weighted by Gasteiger charge is -2.20. The van der Waals surface area contributed by atoms with Crippen LogP contribution in [0.15, 0.2) is 59.4 Å². The topological polar surface area (TPSA) is 61.8 Å². The molecule has 94 valence electrons. The van der Waals surface area contributed by atoms with Crippen molar-refractivity contribution in [3.63, 3.8) is 0 Å². The molecule has 1 aromatic carbocycles. The maximum Gasteiger partial charge on any atom is 0.137 e. The van der Waals surface area contributed by atoms with Gasteiger partial charge in [0.2, 0.25) is 0 Å². The zero-order chi connectivity index (χ0) is 13.0. The minimum absolute atomic E-state index is 0.233. The molecule has 0 saturated heterocycles. The number of aliphatic hydroxyl groups excluding tert-OH is 1. The van der Waals surface area contributed by atoms with Crippen LogP contribution in [0.25, 0.3) is 0 Å². The van der Waals surface area contributed by atoms with Gasteiger partial charge in [-0.15, -0.1) is 0 Å². The van der Waals surface area contributed by atoms with E-state index in [1.54, 1.807) is 12.3 Å². The summed E-state index contributed by atoms with van der Waals surface area (Å²) in [5.74, 6) is 0.233. The summed E-state index contributed by atoms with van der Waals surface area (Å²) in [5, 5.41) is 9.85. The number of amidine groups is 1. The molecule has 0 aliphatic carbocycles. The summed E-state index contributed by atoms with van der Waals surface area (Å²) in [6.45, 7) is 0.780. The first-order valence-corrected chi connectivity index (χ1v) is 5.80. The van der Waals surface area contributed by atoms with E-state index in [1.807, 2.05) is 36.3 Å². The lowest BCUT2D eigenvalue weighted by molar-refractivity contribution is 0.274. The Morgan fingerprint density at radius 3 is 2.83 bits per heavy atom. The predicted octanol–water partition coefficient (Wildman–Crippen LogP) is 1.25. The van der Waals surface area contributed by atoms with Gasteiger partial charge in [0.05, 0.1) is 0 Å². The van der Waals surface area contributed by atoms with Crippen LogP contribution in [0.4, 0.5) is 0 Å². The van der Waals surface area contributed by atoms with Crippen LogP contribution in [0.2, 0.25) is 0 Å². The Bertz CT molecular complexity index is 491. The van der Waals surface area contributed by atoms with Crippen LogP contribution in [0, 0.1) is 0 Å². The van der Waals surface area contributed by atoms with E-state index in [1.165, 1.54) is 5.56 Å². The van der Waals surface area contributed by atoms with Gasteiger partial charge >= 0.3 is 0 Å². The standard InChI is InChI=1S/C14H17N3O/c1-17(9-11-5-3-2-4-6-11)10-12-7-8-16-14(15)13(12)18/h2-8,10,13,18H,9H2,1H3,(H2,15,16). The van der Waals surface area contributed by atoms with E-state index in [0.29, 0.717) is 0 Å². The summed E-state index contributed by atoms with van der Waals surface area (Å²) < 4.78 is 0. The van der Waals surface area contributed by atoms with Crippen LogP contribution in [0.1, 0.15) is 5.56 Å². The van der Waals surface area contributed by atoms with Gasteiger partial charge in [0.25, 0.3) is 0 Å². The average Bonchev–Trinajstić information content (AvgIpc) is 2.36. The maximum atomic E-state index is 9.85. The zero-order valence-electron chi connectivity index (χ0n) is 10.3. The summed E-state index contributed by atoms with van der Waals surface area (Å²) in [7, 11) is 1.96. The van der Waals surface area contributed by atoms with E-state index < -0.39 is 6.10 Å². The Balaban J connectivity index is 2.05. The molecular weight excluding hydrogens is 226 g/mol. The number of rotatable bonds is 3. The normalized spacial score (nSPS) is 20.9. The smallest absolute Gasteiger partial charge is 0.137 e. The highest BCUT2D eigenvalue weighted by atomic mass is 16.3. The molecule has 1 aromatic rings. The molecule has 0 radical (unpaired) electrons. The van der Waals surface area contributed by atoms with E-state index in [9.17, 15) is 5.11 Å². The molecule has 2 rings (SSSR count). The van der Waals surface area contributed by atoms with E-state index in [0.717, 1.165) is 12.1 Å². The third-order valence-corrected chi connectivity index (χ3v) is 2.73. The van der Waals surface area contributed by atoms with Crippen molar-refractivity contribution in [1.82, 2.24) is 4.90 Å². The fourth-order valence-electron chi connectivity index (χ4n) is 1.83. The second-order valence-electron chi connectivity index (χ2n) is 4.30. The van der Waals surface area contributed by atoms with Crippen molar-refractivity contribution in [2.45, 2.75) is 12.6 Å². The zero-order valence-corrected chi connectivity index (χ0v) is 10.3. The van der Waals surface area contributed by atoms with Crippen LogP contribution >= 0.6 is 0 Å². The summed E-state index contributed by atoms with van der Waals surface area (Å²) in [5.41, 5.74) is 7.55. The first-order chi connectivity index (χ1) is 8.66. The van der Waals surface area contributed by atoms with Gasteiger partial charge in [-0.3, -0.25) is 0 Å². The van der Waals surface area contributed by atoms with Crippen LogP contribution in [0.5, 0.6) is 0 Å². The van der Waals surface area contributed by atoms with Gasteiger partial charge < -0.3 is 15.7 Å². The highest BCUT2D eigenvalue weighted by molar-refractivity contribution is 5.89. The number of aliphatic imine (C=N–C) groups is 1. The highest BCUT2D eigenvalue weighted by Gasteiger charge is 2.16. The number of hydrogen-bond donors (Lipinski definition) is 2. The molecule has 0 saturated carbocycles. The largest absolute Gasteiger partial charge is 0.385 e. The second-order valence-corrected chi connectivity index (χ2v) is 4.30. The molecule has 3 N–H and O–H groups in total. The summed E-state index contributed by atoms with van der Waals surface area (Å²) in [6.07, 6.45) is 4.44. The van der Waals surface area contributed by atoms with E-state index in [-0.39, 0.29) is 5.84 Å². The lowest BCUT2D eigenvalue weighted by atomic mass is 10.1. The number of nitrogens with zero attached hydrogens (tertiary/aromatic N) is 2. The third-order valence-electron chi connectivity index (χ3n) is 2.73. The molecule has 0 bridgehead atoms. The first-order valence-electron chi connectivity index (χ1n) is 5.80. The van der Waals surface area contributed by atoms with Crippen molar-refractivity contribution in [2.75, 3.05) is 7.05 Å². The van der Waals surface area contributed by atoms with Gasteiger partial charge in [0.15, 0.2) is 0 Å². The molecule has 1 aliphatic heterocycles. The Morgan fingerprint density at radius 2 is 2.11 bits per heavy atom. The highest BCUT2D eigenvalue weighted by Crippen LogP contribution is 2.12. The maximum absolute atomic E-state index is 9.85. The summed E-state index contributed by atoms with van der Waals surface area (Å²) in [6, 6.07) is 10.1. The van der Waals surface area contributed by atoms with Crippen LogP contribution in [-0.2, 0) is 6.54 Å². The van der Waals surface area contributed by atoms with Crippen LogP contribution in [0.3, 0.4) is 0 Å².